The third kappa shape index (κ3) is 3.91. The minimum Gasteiger partial charge on any atom is -0.490 e. The maximum Gasteiger partial charge on any atom is 0.122 e. The Kier molecular flexibility index (Phi) is 4.73. The lowest BCUT2D eigenvalue weighted by molar-refractivity contribution is 0.216. The number of hydrogen-bond acceptors (Lipinski definition) is 3. The van der Waals surface area contributed by atoms with Crippen molar-refractivity contribution in [3.8, 4) is 11.5 Å². The van der Waals surface area contributed by atoms with Gasteiger partial charge >= 0.3 is 0 Å². The standard InChI is InChI=1S/C18H23NO2/c1-12-9-15(4)18(11-13(12)2)21-8-7-20-16-5-6-17(19)14(3)10-16/h5-6,9-11H,7-8,19H2,1-4H3. The van der Waals surface area contributed by atoms with E-state index in [-0.39, 0.29) is 0 Å². The second-order valence-corrected chi connectivity index (χ2v) is 5.42. The van der Waals surface area contributed by atoms with Crippen molar-refractivity contribution in [1.29, 1.82) is 0 Å². The summed E-state index contributed by atoms with van der Waals surface area (Å²) in [5.41, 5.74) is 11.3. The molecule has 3 nitrogen and oxygen atoms in total. The zero-order valence-corrected chi connectivity index (χ0v) is 13.2. The zero-order valence-electron chi connectivity index (χ0n) is 13.2. The van der Waals surface area contributed by atoms with Gasteiger partial charge in [-0.3, -0.25) is 0 Å². The maximum atomic E-state index is 5.80. The molecule has 0 saturated carbocycles. The van der Waals surface area contributed by atoms with Gasteiger partial charge in [0.25, 0.3) is 0 Å². The summed E-state index contributed by atoms with van der Waals surface area (Å²) in [6, 6.07) is 9.91. The first-order chi connectivity index (χ1) is 9.97. The summed E-state index contributed by atoms with van der Waals surface area (Å²) < 4.78 is 11.5. The molecule has 0 unspecified atom stereocenters. The molecule has 2 aromatic rings. The van der Waals surface area contributed by atoms with E-state index in [2.05, 4.69) is 32.9 Å². The molecule has 21 heavy (non-hydrogen) atoms. The first-order valence-corrected chi connectivity index (χ1v) is 7.17. The molecule has 0 bridgehead atoms. The van der Waals surface area contributed by atoms with Crippen molar-refractivity contribution in [2.45, 2.75) is 27.7 Å². The fourth-order valence-electron chi connectivity index (χ4n) is 2.14. The van der Waals surface area contributed by atoms with Crippen molar-refractivity contribution in [3.05, 3.63) is 52.6 Å². The normalized spacial score (nSPS) is 10.5. The Morgan fingerprint density at radius 2 is 1.43 bits per heavy atom. The average Bonchev–Trinajstić information content (AvgIpc) is 2.44. The van der Waals surface area contributed by atoms with E-state index in [1.807, 2.05) is 25.1 Å². The van der Waals surface area contributed by atoms with Crippen molar-refractivity contribution in [2.75, 3.05) is 18.9 Å². The van der Waals surface area contributed by atoms with Gasteiger partial charge in [0.15, 0.2) is 0 Å². The van der Waals surface area contributed by atoms with Gasteiger partial charge in [0, 0.05) is 5.69 Å². The summed E-state index contributed by atoms with van der Waals surface area (Å²) in [6.45, 7) is 9.26. The molecule has 0 aliphatic carbocycles. The van der Waals surface area contributed by atoms with E-state index in [4.69, 9.17) is 15.2 Å². The number of hydrogen-bond donors (Lipinski definition) is 1. The van der Waals surface area contributed by atoms with Crippen molar-refractivity contribution in [3.63, 3.8) is 0 Å². The molecule has 2 N–H and O–H groups in total. The monoisotopic (exact) mass is 285 g/mol. The minimum absolute atomic E-state index is 0.510. The second kappa shape index (κ2) is 6.53. The summed E-state index contributed by atoms with van der Waals surface area (Å²) in [5, 5.41) is 0. The van der Waals surface area contributed by atoms with Crippen molar-refractivity contribution in [2.24, 2.45) is 0 Å². The summed E-state index contributed by atoms with van der Waals surface area (Å²) >= 11 is 0. The maximum absolute atomic E-state index is 5.80. The average molecular weight is 285 g/mol. The topological polar surface area (TPSA) is 44.5 Å². The molecule has 0 amide bonds. The predicted octanol–water partition coefficient (Wildman–Crippen LogP) is 3.96. The highest BCUT2D eigenvalue weighted by Gasteiger charge is 2.03. The Balaban J connectivity index is 1.87. The number of benzene rings is 2. The van der Waals surface area contributed by atoms with E-state index >= 15 is 0 Å². The quantitative estimate of drug-likeness (QED) is 0.668. The first kappa shape index (κ1) is 15.2. The molecule has 112 valence electrons. The molecular weight excluding hydrogens is 262 g/mol. The zero-order chi connectivity index (χ0) is 15.4. The third-order valence-corrected chi connectivity index (χ3v) is 3.64. The third-order valence-electron chi connectivity index (χ3n) is 3.64. The van der Waals surface area contributed by atoms with Gasteiger partial charge in [-0.1, -0.05) is 6.07 Å². The Labute approximate surface area is 126 Å². The molecule has 2 rings (SSSR count). The number of ether oxygens (including phenoxy) is 2. The molecule has 0 aliphatic heterocycles. The SMILES string of the molecule is Cc1cc(C)c(OCCOc2ccc(N)c(C)c2)cc1C. The van der Waals surface area contributed by atoms with Crippen molar-refractivity contribution in [1.82, 2.24) is 0 Å². The van der Waals surface area contributed by atoms with Crippen LogP contribution in [0, 0.1) is 27.7 Å². The molecule has 0 atom stereocenters. The Morgan fingerprint density at radius 1 is 0.762 bits per heavy atom. The van der Waals surface area contributed by atoms with Crippen LogP contribution in [-0.4, -0.2) is 13.2 Å². The van der Waals surface area contributed by atoms with Gasteiger partial charge in [-0.2, -0.15) is 0 Å². The molecule has 2 aromatic carbocycles. The van der Waals surface area contributed by atoms with Gasteiger partial charge in [0.2, 0.25) is 0 Å². The van der Waals surface area contributed by atoms with E-state index in [0.717, 1.165) is 28.3 Å². The van der Waals surface area contributed by atoms with Crippen molar-refractivity contribution >= 4 is 5.69 Å². The minimum atomic E-state index is 0.510. The van der Waals surface area contributed by atoms with E-state index < -0.39 is 0 Å². The van der Waals surface area contributed by atoms with Crippen LogP contribution >= 0.6 is 0 Å². The summed E-state index contributed by atoms with van der Waals surface area (Å²) in [6.07, 6.45) is 0. The number of aryl methyl sites for hydroxylation is 4. The highest BCUT2D eigenvalue weighted by atomic mass is 16.5. The predicted molar refractivity (Wildman–Crippen MR) is 87.2 cm³/mol. The Hall–Kier alpha value is -2.16. The van der Waals surface area contributed by atoms with E-state index in [1.165, 1.54) is 11.1 Å². The largest absolute Gasteiger partial charge is 0.490 e. The van der Waals surface area contributed by atoms with Crippen LogP contribution in [0.3, 0.4) is 0 Å². The van der Waals surface area contributed by atoms with Gasteiger partial charge in [0.05, 0.1) is 0 Å². The highest BCUT2D eigenvalue weighted by molar-refractivity contribution is 5.49. The fraction of sp³-hybridized carbons (Fsp3) is 0.333. The molecule has 3 heteroatoms. The van der Waals surface area contributed by atoms with Crippen molar-refractivity contribution < 1.29 is 9.47 Å². The fourth-order valence-corrected chi connectivity index (χ4v) is 2.14. The smallest absolute Gasteiger partial charge is 0.122 e. The first-order valence-electron chi connectivity index (χ1n) is 7.17. The molecule has 0 aromatic heterocycles. The van der Waals surface area contributed by atoms with Crippen LogP contribution in [0.5, 0.6) is 11.5 Å². The number of nitrogen functional groups attached to an aromatic ring is 1. The molecule has 0 heterocycles. The van der Waals surface area contributed by atoms with Crippen LogP contribution in [0.15, 0.2) is 30.3 Å². The number of anilines is 1. The van der Waals surface area contributed by atoms with Gasteiger partial charge < -0.3 is 15.2 Å². The van der Waals surface area contributed by atoms with Gasteiger partial charge in [-0.05, 0) is 74.2 Å². The van der Waals surface area contributed by atoms with Crippen LogP contribution in [0.25, 0.3) is 0 Å². The molecule has 0 aliphatic rings. The summed E-state index contributed by atoms with van der Waals surface area (Å²) in [4.78, 5) is 0. The van der Waals surface area contributed by atoms with Gasteiger partial charge in [-0.15, -0.1) is 0 Å². The van der Waals surface area contributed by atoms with E-state index in [9.17, 15) is 0 Å². The number of nitrogens with two attached hydrogens (primary N) is 1. The molecule has 0 fully saturated rings. The van der Waals surface area contributed by atoms with Crippen LogP contribution in [0.2, 0.25) is 0 Å². The molecule has 0 spiro atoms. The lowest BCUT2D eigenvalue weighted by atomic mass is 10.1. The summed E-state index contributed by atoms with van der Waals surface area (Å²) in [7, 11) is 0. The Morgan fingerprint density at radius 3 is 2.14 bits per heavy atom. The van der Waals surface area contributed by atoms with Crippen LogP contribution in [0.1, 0.15) is 22.3 Å². The molecular formula is C18H23NO2. The van der Waals surface area contributed by atoms with Gasteiger partial charge in [0.1, 0.15) is 24.7 Å². The van der Waals surface area contributed by atoms with Gasteiger partial charge in [-0.25, -0.2) is 0 Å². The lowest BCUT2D eigenvalue weighted by Crippen LogP contribution is -2.10. The van der Waals surface area contributed by atoms with Crippen LogP contribution < -0.4 is 15.2 Å². The number of rotatable bonds is 5. The molecule has 0 saturated heterocycles. The molecule has 0 radical (unpaired) electrons. The Bertz CT molecular complexity index is 635. The summed E-state index contributed by atoms with van der Waals surface area (Å²) in [5.74, 6) is 1.75. The van der Waals surface area contributed by atoms with Crippen LogP contribution in [-0.2, 0) is 0 Å². The second-order valence-electron chi connectivity index (χ2n) is 5.42. The van der Waals surface area contributed by atoms with Crippen LogP contribution in [0.4, 0.5) is 5.69 Å². The highest BCUT2D eigenvalue weighted by Crippen LogP contribution is 2.22. The lowest BCUT2D eigenvalue weighted by Gasteiger charge is -2.13. The van der Waals surface area contributed by atoms with E-state index in [1.54, 1.807) is 0 Å². The van der Waals surface area contributed by atoms with E-state index in [0.29, 0.717) is 13.2 Å².